The minimum Gasteiger partial charge on any atom is -0.494 e. The van der Waals surface area contributed by atoms with Gasteiger partial charge in [0.25, 0.3) is 5.56 Å². The Morgan fingerprint density at radius 2 is 2.03 bits per heavy atom. The van der Waals surface area contributed by atoms with Gasteiger partial charge in [-0.25, -0.2) is 4.98 Å². The summed E-state index contributed by atoms with van der Waals surface area (Å²) in [6.07, 6.45) is 1.55. The van der Waals surface area contributed by atoms with Crippen molar-refractivity contribution in [1.82, 2.24) is 9.55 Å². The number of hydrogen-bond acceptors (Lipinski definition) is 6. The van der Waals surface area contributed by atoms with Crippen molar-refractivity contribution in [3.8, 4) is 5.75 Å². The number of nitrogens with zero attached hydrogens (tertiary/aromatic N) is 2. The predicted octanol–water partition coefficient (Wildman–Crippen LogP) is 5.21. The lowest BCUT2D eigenvalue weighted by molar-refractivity contribution is -0.115. The number of anilines is 1. The highest BCUT2D eigenvalue weighted by Crippen LogP contribution is 2.26. The largest absolute Gasteiger partial charge is 0.494 e. The van der Waals surface area contributed by atoms with Gasteiger partial charge < -0.3 is 14.5 Å². The first-order valence-corrected chi connectivity index (χ1v) is 11.6. The van der Waals surface area contributed by atoms with Gasteiger partial charge in [-0.15, -0.1) is 0 Å². The molecule has 1 unspecified atom stereocenters. The van der Waals surface area contributed by atoms with Crippen molar-refractivity contribution in [2.75, 3.05) is 11.9 Å². The molecule has 0 bridgehead atoms. The Kier molecular flexibility index (Phi) is 7.05. The molecule has 9 heteroatoms. The van der Waals surface area contributed by atoms with Crippen molar-refractivity contribution < 1.29 is 13.9 Å². The zero-order chi connectivity index (χ0) is 23.4. The smallest absolute Gasteiger partial charge is 0.262 e. The van der Waals surface area contributed by atoms with Gasteiger partial charge in [-0.1, -0.05) is 23.4 Å². The lowest BCUT2D eigenvalue weighted by Gasteiger charge is -2.16. The Balaban J connectivity index is 1.60. The summed E-state index contributed by atoms with van der Waals surface area (Å²) in [5, 5.41) is 3.69. The van der Waals surface area contributed by atoms with Gasteiger partial charge >= 0.3 is 0 Å². The second-order valence-electron chi connectivity index (χ2n) is 7.23. The van der Waals surface area contributed by atoms with E-state index < -0.39 is 5.25 Å². The van der Waals surface area contributed by atoms with Gasteiger partial charge in [0, 0.05) is 10.7 Å². The summed E-state index contributed by atoms with van der Waals surface area (Å²) in [6, 6.07) is 15.7. The molecule has 0 aliphatic rings. The van der Waals surface area contributed by atoms with Gasteiger partial charge in [0.15, 0.2) is 5.16 Å². The molecule has 0 aliphatic carbocycles. The van der Waals surface area contributed by atoms with Crippen LogP contribution < -0.4 is 15.6 Å². The highest BCUT2D eigenvalue weighted by molar-refractivity contribution is 8.00. The zero-order valence-electron chi connectivity index (χ0n) is 18.1. The molecule has 1 N–H and O–H groups in total. The minimum absolute atomic E-state index is 0.201. The van der Waals surface area contributed by atoms with Crippen molar-refractivity contribution in [2.24, 2.45) is 0 Å². The summed E-state index contributed by atoms with van der Waals surface area (Å²) >= 11 is 7.31. The molecule has 7 nitrogen and oxygen atoms in total. The van der Waals surface area contributed by atoms with Gasteiger partial charge in [-0.2, -0.15) is 0 Å². The van der Waals surface area contributed by atoms with Crippen LogP contribution in [0.1, 0.15) is 19.6 Å². The van der Waals surface area contributed by atoms with Crippen LogP contribution in [0.5, 0.6) is 5.75 Å². The third kappa shape index (κ3) is 5.40. The second-order valence-corrected chi connectivity index (χ2v) is 8.98. The zero-order valence-corrected chi connectivity index (χ0v) is 19.7. The van der Waals surface area contributed by atoms with E-state index >= 15 is 0 Å². The van der Waals surface area contributed by atoms with Crippen LogP contribution in [0, 0.1) is 0 Å². The van der Waals surface area contributed by atoms with Crippen LogP contribution >= 0.6 is 23.4 Å². The van der Waals surface area contributed by atoms with Crippen molar-refractivity contribution in [3.63, 3.8) is 0 Å². The number of hydrogen-bond donors (Lipinski definition) is 1. The summed E-state index contributed by atoms with van der Waals surface area (Å²) < 4.78 is 12.4. The average molecular weight is 484 g/mol. The third-order valence-corrected chi connectivity index (χ3v) is 6.19. The van der Waals surface area contributed by atoms with Crippen molar-refractivity contribution >= 4 is 45.9 Å². The first-order chi connectivity index (χ1) is 15.9. The van der Waals surface area contributed by atoms with Gasteiger partial charge in [0.1, 0.15) is 11.5 Å². The van der Waals surface area contributed by atoms with Crippen LogP contribution in [0.3, 0.4) is 0 Å². The second kappa shape index (κ2) is 10.1. The summed E-state index contributed by atoms with van der Waals surface area (Å²) in [6.45, 7) is 4.45. The SMILES string of the molecule is CCOc1ccc(NC(=O)C(C)Sc2nc3cc(Cl)ccc3c(=O)n2Cc2ccco2)cc1. The number of fused-ring (bicyclic) bond motifs is 1. The maximum absolute atomic E-state index is 13.2. The number of carbonyl (C=O) groups excluding carboxylic acids is 1. The molecule has 2 aromatic carbocycles. The maximum atomic E-state index is 13.2. The lowest BCUT2D eigenvalue weighted by atomic mass is 10.2. The van der Waals surface area contributed by atoms with Crippen LogP contribution in [-0.2, 0) is 11.3 Å². The van der Waals surface area contributed by atoms with Crippen LogP contribution in [-0.4, -0.2) is 27.3 Å². The molecule has 0 fully saturated rings. The van der Waals surface area contributed by atoms with Crippen LogP contribution in [0.2, 0.25) is 5.02 Å². The maximum Gasteiger partial charge on any atom is 0.262 e. The topological polar surface area (TPSA) is 86.4 Å². The highest BCUT2D eigenvalue weighted by atomic mass is 35.5. The molecule has 1 amide bonds. The monoisotopic (exact) mass is 483 g/mol. The molecule has 0 saturated heterocycles. The minimum atomic E-state index is -0.525. The predicted molar refractivity (Wildman–Crippen MR) is 130 cm³/mol. The van der Waals surface area contributed by atoms with Crippen LogP contribution in [0.4, 0.5) is 5.69 Å². The van der Waals surface area contributed by atoms with Gasteiger partial charge in [-0.3, -0.25) is 14.2 Å². The molecule has 0 radical (unpaired) electrons. The molecule has 1 atom stereocenters. The number of aromatic nitrogens is 2. The van der Waals surface area contributed by atoms with E-state index in [9.17, 15) is 9.59 Å². The third-order valence-electron chi connectivity index (χ3n) is 4.86. The quantitative estimate of drug-likeness (QED) is 0.273. The highest BCUT2D eigenvalue weighted by Gasteiger charge is 2.20. The Labute approximate surface area is 199 Å². The number of thioether (sulfide) groups is 1. The molecule has 33 heavy (non-hydrogen) atoms. The fourth-order valence-corrected chi connectivity index (χ4v) is 4.29. The standard InChI is InChI=1S/C24H22ClN3O4S/c1-3-31-18-9-7-17(8-10-18)26-22(29)15(2)33-24-27-21-13-16(25)6-11-20(21)23(30)28(24)14-19-5-4-12-32-19/h4-13,15H,3,14H2,1-2H3,(H,26,29). The first kappa shape index (κ1) is 22.9. The number of halogens is 1. The van der Waals surface area contributed by atoms with Crippen molar-refractivity contribution in [2.45, 2.75) is 30.8 Å². The normalized spacial score (nSPS) is 12.0. The van der Waals surface area contributed by atoms with Crippen LogP contribution in [0.25, 0.3) is 10.9 Å². The Bertz CT molecular complexity index is 1320. The molecule has 2 heterocycles. The lowest BCUT2D eigenvalue weighted by Crippen LogP contribution is -2.27. The summed E-state index contributed by atoms with van der Waals surface area (Å²) in [4.78, 5) is 30.7. The number of benzene rings is 2. The molecule has 4 aromatic rings. The number of nitrogens with one attached hydrogen (secondary N) is 1. The molecular weight excluding hydrogens is 462 g/mol. The first-order valence-electron chi connectivity index (χ1n) is 10.4. The van der Waals surface area contributed by atoms with E-state index in [0.717, 1.165) is 5.75 Å². The van der Waals surface area contributed by atoms with E-state index in [-0.39, 0.29) is 18.0 Å². The Morgan fingerprint density at radius 1 is 1.24 bits per heavy atom. The fourth-order valence-electron chi connectivity index (χ4n) is 3.22. The van der Waals surface area contributed by atoms with E-state index in [0.29, 0.717) is 39.1 Å². The fraction of sp³-hybridized carbons (Fsp3) is 0.208. The van der Waals surface area contributed by atoms with Crippen molar-refractivity contribution in [3.05, 3.63) is 82.0 Å². The van der Waals surface area contributed by atoms with Gasteiger partial charge in [0.2, 0.25) is 5.91 Å². The van der Waals surface area contributed by atoms with Gasteiger partial charge in [-0.05, 0) is 68.4 Å². The van der Waals surface area contributed by atoms with E-state index in [1.165, 1.54) is 16.3 Å². The molecule has 2 aromatic heterocycles. The average Bonchev–Trinajstić information content (AvgIpc) is 3.31. The van der Waals surface area contributed by atoms with Crippen LogP contribution in [0.15, 0.2) is 75.2 Å². The molecule has 0 aliphatic heterocycles. The van der Waals surface area contributed by atoms with Gasteiger partial charge in [0.05, 0.1) is 35.6 Å². The molecule has 0 spiro atoms. The summed E-state index contributed by atoms with van der Waals surface area (Å²) in [7, 11) is 0. The number of ether oxygens (including phenoxy) is 1. The number of furan rings is 1. The molecule has 4 rings (SSSR count). The Morgan fingerprint density at radius 3 is 2.73 bits per heavy atom. The number of amides is 1. The van der Waals surface area contributed by atoms with Crippen molar-refractivity contribution in [1.29, 1.82) is 0 Å². The number of rotatable bonds is 8. The molecular formula is C24H22ClN3O4S. The van der Waals surface area contributed by atoms with E-state index in [1.807, 2.05) is 6.92 Å². The molecule has 170 valence electrons. The summed E-state index contributed by atoms with van der Waals surface area (Å²) in [5.74, 6) is 1.13. The number of carbonyl (C=O) groups is 1. The Hall–Kier alpha value is -3.23. The molecule has 0 saturated carbocycles. The van der Waals surface area contributed by atoms with E-state index in [4.69, 9.17) is 20.8 Å². The summed E-state index contributed by atoms with van der Waals surface area (Å²) in [5.41, 5.74) is 0.904. The van der Waals surface area contributed by atoms with E-state index in [2.05, 4.69) is 10.3 Å². The van der Waals surface area contributed by atoms with E-state index in [1.54, 1.807) is 67.8 Å².